The molecule has 0 spiro atoms. The molecule has 3 aromatic carbocycles. The van der Waals surface area contributed by atoms with E-state index < -0.39 is 18.1 Å². The Bertz CT molecular complexity index is 1120. The Morgan fingerprint density at radius 1 is 0.833 bits per heavy atom. The smallest absolute Gasteiger partial charge is 0.266 e. The quantitative estimate of drug-likeness (QED) is 0.588. The number of para-hydroxylation sites is 1. The van der Waals surface area contributed by atoms with Crippen molar-refractivity contribution in [3.63, 3.8) is 0 Å². The largest absolute Gasteiger partial charge is 0.508 e. The number of phenols is 1. The number of phenolic OH excluding ortho intramolecular Hbond substituents is 1. The average Bonchev–Trinajstić information content (AvgIpc) is 3.26. The second-order valence-electron chi connectivity index (χ2n) is 7.24. The van der Waals surface area contributed by atoms with Crippen LogP contribution in [0.15, 0.2) is 83.3 Å². The van der Waals surface area contributed by atoms with Gasteiger partial charge in [0.15, 0.2) is 6.10 Å². The van der Waals surface area contributed by atoms with E-state index in [9.17, 15) is 14.7 Å². The van der Waals surface area contributed by atoms with E-state index in [2.05, 4.69) is 15.9 Å². The molecule has 7 heteroatoms. The highest BCUT2D eigenvalue weighted by Crippen LogP contribution is 2.47. The van der Waals surface area contributed by atoms with Gasteiger partial charge in [0, 0.05) is 4.47 Å². The third kappa shape index (κ3) is 2.98. The van der Waals surface area contributed by atoms with Crippen molar-refractivity contribution in [2.75, 3.05) is 9.96 Å². The summed E-state index contributed by atoms with van der Waals surface area (Å²) in [5.41, 5.74) is 2.04. The molecule has 2 heterocycles. The molecule has 0 aromatic heterocycles. The van der Waals surface area contributed by atoms with Gasteiger partial charge in [0.05, 0.1) is 17.4 Å². The number of nitrogens with zero attached hydrogens (tertiary/aromatic N) is 2. The number of halogens is 1. The molecule has 2 aliphatic heterocycles. The summed E-state index contributed by atoms with van der Waals surface area (Å²) in [5, 5.41) is 11.3. The number of rotatable bonds is 3. The Balaban J connectivity index is 1.59. The molecule has 150 valence electrons. The van der Waals surface area contributed by atoms with Crippen LogP contribution in [0.2, 0.25) is 0 Å². The van der Waals surface area contributed by atoms with Gasteiger partial charge in [-0.25, -0.2) is 9.96 Å². The van der Waals surface area contributed by atoms with Crippen LogP contribution in [0.4, 0.5) is 11.4 Å². The third-order valence-corrected chi connectivity index (χ3v) is 5.92. The number of benzene rings is 3. The number of carbonyl (C=O) groups is 2. The minimum absolute atomic E-state index is 0.130. The van der Waals surface area contributed by atoms with Crippen LogP contribution in [-0.2, 0) is 14.4 Å². The highest BCUT2D eigenvalue weighted by Gasteiger charge is 2.60. The first-order valence-corrected chi connectivity index (χ1v) is 10.3. The SMILES string of the molecule is O=C1[C@H]2[C@@H](ON(c3ccccc3)[C@H]2c2ccc(O)cc2)C(=O)N1c1cccc(Br)c1. The van der Waals surface area contributed by atoms with Gasteiger partial charge in [-0.05, 0) is 48.0 Å². The molecular formula is C23H17BrN2O4. The Morgan fingerprint density at radius 2 is 1.53 bits per heavy atom. The summed E-state index contributed by atoms with van der Waals surface area (Å²) in [4.78, 5) is 34.0. The van der Waals surface area contributed by atoms with Crippen molar-refractivity contribution in [3.8, 4) is 5.75 Å². The zero-order valence-electron chi connectivity index (χ0n) is 15.7. The second kappa shape index (κ2) is 7.27. The molecule has 2 amide bonds. The number of fused-ring (bicyclic) bond motifs is 1. The number of amides is 2. The number of hydroxylamine groups is 1. The molecular weight excluding hydrogens is 448 g/mol. The zero-order chi connectivity index (χ0) is 20.8. The lowest BCUT2D eigenvalue weighted by atomic mass is 9.90. The number of carbonyl (C=O) groups excluding carboxylic acids is 2. The van der Waals surface area contributed by atoms with Crippen LogP contribution in [0, 0.1) is 5.92 Å². The number of imide groups is 1. The maximum atomic E-state index is 13.5. The van der Waals surface area contributed by atoms with Crippen LogP contribution in [-0.4, -0.2) is 23.0 Å². The van der Waals surface area contributed by atoms with E-state index in [-0.39, 0.29) is 17.6 Å². The molecule has 6 nitrogen and oxygen atoms in total. The van der Waals surface area contributed by atoms with Crippen LogP contribution in [0.1, 0.15) is 11.6 Å². The Hall–Kier alpha value is -3.16. The molecule has 3 aromatic rings. The first-order valence-electron chi connectivity index (χ1n) is 9.48. The highest BCUT2D eigenvalue weighted by molar-refractivity contribution is 9.10. The summed E-state index contributed by atoms with van der Waals surface area (Å²) in [5.74, 6) is -1.27. The molecule has 5 rings (SSSR count). The van der Waals surface area contributed by atoms with E-state index in [1.165, 1.54) is 4.90 Å². The summed E-state index contributed by atoms with van der Waals surface area (Å²) >= 11 is 3.39. The summed E-state index contributed by atoms with van der Waals surface area (Å²) in [7, 11) is 0. The standard InChI is InChI=1S/C23H17BrN2O4/c24-15-5-4-8-17(13-15)25-22(28)19-20(14-9-11-18(27)12-10-14)26(30-21(19)23(25)29)16-6-2-1-3-7-16/h1-13,19-21,27H/t19-,20+,21-/m1/s1. The van der Waals surface area contributed by atoms with Crippen molar-refractivity contribution in [1.29, 1.82) is 0 Å². The fraction of sp³-hybridized carbons (Fsp3) is 0.130. The average molecular weight is 465 g/mol. The van der Waals surface area contributed by atoms with Crippen LogP contribution in [0.5, 0.6) is 5.75 Å². The number of anilines is 2. The molecule has 0 bridgehead atoms. The molecule has 0 radical (unpaired) electrons. The van der Waals surface area contributed by atoms with Crippen LogP contribution in [0.3, 0.4) is 0 Å². The monoisotopic (exact) mass is 464 g/mol. The Labute approximate surface area is 181 Å². The van der Waals surface area contributed by atoms with Gasteiger partial charge in [0.2, 0.25) is 5.91 Å². The van der Waals surface area contributed by atoms with E-state index in [1.807, 2.05) is 36.4 Å². The minimum atomic E-state index is -0.921. The number of hydrogen-bond donors (Lipinski definition) is 1. The van der Waals surface area contributed by atoms with Crippen LogP contribution < -0.4 is 9.96 Å². The van der Waals surface area contributed by atoms with Crippen LogP contribution >= 0.6 is 15.9 Å². The first kappa shape index (κ1) is 18.8. The first-order chi connectivity index (χ1) is 14.5. The highest BCUT2D eigenvalue weighted by atomic mass is 79.9. The van der Waals surface area contributed by atoms with Crippen molar-refractivity contribution in [2.45, 2.75) is 12.1 Å². The molecule has 2 aliphatic rings. The van der Waals surface area contributed by atoms with Crippen molar-refractivity contribution in [2.24, 2.45) is 5.92 Å². The molecule has 2 fully saturated rings. The number of aromatic hydroxyl groups is 1. The predicted octanol–water partition coefficient (Wildman–Crippen LogP) is 4.21. The normalized spacial score (nSPS) is 23.2. The fourth-order valence-corrected chi connectivity index (χ4v) is 4.48. The molecule has 0 unspecified atom stereocenters. The van der Waals surface area contributed by atoms with Gasteiger partial charge in [-0.15, -0.1) is 0 Å². The third-order valence-electron chi connectivity index (χ3n) is 5.43. The molecule has 1 N–H and O–H groups in total. The van der Waals surface area contributed by atoms with E-state index in [4.69, 9.17) is 4.84 Å². The lowest BCUT2D eigenvalue weighted by Crippen LogP contribution is -2.37. The maximum Gasteiger partial charge on any atom is 0.266 e. The summed E-state index contributed by atoms with van der Waals surface area (Å²) in [6.07, 6.45) is -0.921. The molecule has 30 heavy (non-hydrogen) atoms. The van der Waals surface area contributed by atoms with Gasteiger partial charge >= 0.3 is 0 Å². The fourth-order valence-electron chi connectivity index (χ4n) is 4.09. The van der Waals surface area contributed by atoms with E-state index >= 15 is 0 Å². The topological polar surface area (TPSA) is 70.1 Å². The molecule has 0 saturated carbocycles. The van der Waals surface area contributed by atoms with E-state index in [0.29, 0.717) is 5.69 Å². The Morgan fingerprint density at radius 3 is 2.23 bits per heavy atom. The maximum absolute atomic E-state index is 13.5. The van der Waals surface area contributed by atoms with Gasteiger partial charge in [0.25, 0.3) is 5.91 Å². The zero-order valence-corrected chi connectivity index (χ0v) is 17.3. The molecule has 0 aliphatic carbocycles. The lowest BCUT2D eigenvalue weighted by molar-refractivity contribution is -0.126. The molecule has 2 saturated heterocycles. The van der Waals surface area contributed by atoms with E-state index in [1.54, 1.807) is 47.5 Å². The second-order valence-corrected chi connectivity index (χ2v) is 8.16. The molecule has 3 atom stereocenters. The van der Waals surface area contributed by atoms with Crippen molar-refractivity contribution in [3.05, 3.63) is 88.9 Å². The van der Waals surface area contributed by atoms with E-state index in [0.717, 1.165) is 15.7 Å². The van der Waals surface area contributed by atoms with Gasteiger partial charge in [-0.3, -0.25) is 14.4 Å². The predicted molar refractivity (Wildman–Crippen MR) is 115 cm³/mol. The summed E-state index contributed by atoms with van der Waals surface area (Å²) in [6.45, 7) is 0. The van der Waals surface area contributed by atoms with Gasteiger partial charge in [-0.1, -0.05) is 52.3 Å². The minimum Gasteiger partial charge on any atom is -0.508 e. The van der Waals surface area contributed by atoms with Crippen molar-refractivity contribution in [1.82, 2.24) is 0 Å². The lowest BCUT2D eigenvalue weighted by Gasteiger charge is -2.28. The van der Waals surface area contributed by atoms with Gasteiger partial charge < -0.3 is 5.11 Å². The van der Waals surface area contributed by atoms with Crippen molar-refractivity contribution < 1.29 is 19.5 Å². The summed E-state index contributed by atoms with van der Waals surface area (Å²) in [6, 6.07) is 22.6. The van der Waals surface area contributed by atoms with Crippen LogP contribution in [0.25, 0.3) is 0 Å². The van der Waals surface area contributed by atoms with Gasteiger partial charge in [-0.2, -0.15) is 0 Å². The van der Waals surface area contributed by atoms with Crippen molar-refractivity contribution >= 4 is 39.1 Å². The number of hydrogen-bond acceptors (Lipinski definition) is 5. The Kier molecular flexibility index (Phi) is 4.56. The van der Waals surface area contributed by atoms with Gasteiger partial charge in [0.1, 0.15) is 11.7 Å². The summed E-state index contributed by atoms with van der Waals surface area (Å²) < 4.78 is 0.777.